The topological polar surface area (TPSA) is 128 Å². The molecule has 1 fully saturated rings. The molecule has 2 aliphatic heterocycles. The first kappa shape index (κ1) is 32.4. The monoisotopic (exact) mass is 610 g/mol. The van der Waals surface area contributed by atoms with E-state index in [0.717, 1.165) is 29.7 Å². The van der Waals surface area contributed by atoms with E-state index >= 15 is 0 Å². The van der Waals surface area contributed by atoms with Crippen LogP contribution in [0.2, 0.25) is 5.02 Å². The number of anilines is 1. The summed E-state index contributed by atoms with van der Waals surface area (Å²) in [6.45, 7) is 6.48. The summed E-state index contributed by atoms with van der Waals surface area (Å²) in [5.74, 6) is -1.14. The molecule has 0 unspecified atom stereocenters. The summed E-state index contributed by atoms with van der Waals surface area (Å²) >= 11 is 6.11. The van der Waals surface area contributed by atoms with Gasteiger partial charge in [-0.25, -0.2) is 0 Å². The number of fused-ring (bicyclic) bond motifs is 1. The summed E-state index contributed by atoms with van der Waals surface area (Å²) in [5.41, 5.74) is 9.11. The van der Waals surface area contributed by atoms with E-state index in [9.17, 15) is 19.2 Å². The van der Waals surface area contributed by atoms with Crippen LogP contribution in [0.1, 0.15) is 49.3 Å². The van der Waals surface area contributed by atoms with Crippen LogP contribution in [-0.2, 0) is 32.1 Å². The van der Waals surface area contributed by atoms with Crippen molar-refractivity contribution in [1.82, 2.24) is 20.0 Å². The molecule has 0 aliphatic carbocycles. The van der Waals surface area contributed by atoms with Crippen molar-refractivity contribution in [2.45, 2.75) is 70.6 Å². The van der Waals surface area contributed by atoms with E-state index in [1.165, 1.54) is 0 Å². The van der Waals surface area contributed by atoms with Gasteiger partial charge in [0.2, 0.25) is 23.6 Å². The van der Waals surface area contributed by atoms with Crippen LogP contribution in [0.25, 0.3) is 0 Å². The van der Waals surface area contributed by atoms with Crippen LogP contribution in [0.3, 0.4) is 0 Å². The highest BCUT2D eigenvalue weighted by atomic mass is 35.5. The summed E-state index contributed by atoms with van der Waals surface area (Å²) in [7, 11) is 2.07. The van der Waals surface area contributed by atoms with Gasteiger partial charge in [0.05, 0.1) is 0 Å². The van der Waals surface area contributed by atoms with E-state index in [1.807, 2.05) is 36.1 Å². The number of halogens is 1. The first-order chi connectivity index (χ1) is 20.6. The van der Waals surface area contributed by atoms with Crippen LogP contribution in [0.15, 0.2) is 42.5 Å². The second kappa shape index (κ2) is 14.8. The van der Waals surface area contributed by atoms with Crippen LogP contribution in [0.5, 0.6) is 0 Å². The Balaban J connectivity index is 1.45. The summed E-state index contributed by atoms with van der Waals surface area (Å²) in [6.07, 6.45) is 1.58. The molecule has 10 nitrogen and oxygen atoms in total. The summed E-state index contributed by atoms with van der Waals surface area (Å²) in [5, 5.41) is 6.27. The maximum Gasteiger partial charge on any atom is 0.246 e. The first-order valence-corrected chi connectivity index (χ1v) is 15.4. The quantitative estimate of drug-likeness (QED) is 0.380. The van der Waals surface area contributed by atoms with E-state index < -0.39 is 23.9 Å². The third-order valence-corrected chi connectivity index (χ3v) is 8.96. The van der Waals surface area contributed by atoms with E-state index in [-0.39, 0.29) is 44.2 Å². The molecule has 11 heteroatoms. The van der Waals surface area contributed by atoms with Crippen molar-refractivity contribution in [1.29, 1.82) is 0 Å². The van der Waals surface area contributed by atoms with Crippen LogP contribution >= 0.6 is 11.6 Å². The molecule has 3 atom stereocenters. The molecule has 4 amide bonds. The standard InChI is InChI=1S/C32H43ClN6O4/c1-4-25-20-38(16-15-37(25)3)29(40)11-12-30(41)39-19-23-8-6-5-7-22(23)18-28(39)32(43)36-27(13-14-34)31(42)35-24-9-10-26(33)21(2)17-24/h5-10,17,25,27-28H,4,11-16,18-20,34H2,1-3H3,(H,35,42)(H,36,43)/t25-,27+,28+/m1/s1. The number of carbonyl (C=O) groups excluding carboxylic acids is 4. The number of nitrogens with two attached hydrogens (primary N) is 1. The van der Waals surface area contributed by atoms with E-state index in [2.05, 4.69) is 29.5 Å². The molecule has 4 rings (SSSR count). The Kier molecular flexibility index (Phi) is 11.2. The highest BCUT2D eigenvalue weighted by Crippen LogP contribution is 2.25. The minimum absolute atomic E-state index is 0.0105. The molecule has 2 aromatic carbocycles. The van der Waals surface area contributed by atoms with Crippen molar-refractivity contribution in [2.24, 2.45) is 5.73 Å². The lowest BCUT2D eigenvalue weighted by molar-refractivity contribution is -0.144. The van der Waals surface area contributed by atoms with Crippen molar-refractivity contribution < 1.29 is 19.2 Å². The fourth-order valence-electron chi connectivity index (χ4n) is 5.80. The number of nitrogens with zero attached hydrogens (tertiary/aromatic N) is 3. The Bertz CT molecular complexity index is 1340. The Hall–Kier alpha value is -3.47. The molecular weight excluding hydrogens is 568 g/mol. The molecule has 1 saturated heterocycles. The molecule has 2 aliphatic rings. The van der Waals surface area contributed by atoms with Crippen molar-refractivity contribution in [3.63, 3.8) is 0 Å². The van der Waals surface area contributed by atoms with Crippen molar-refractivity contribution >= 4 is 40.9 Å². The smallest absolute Gasteiger partial charge is 0.246 e. The Morgan fingerprint density at radius 2 is 1.77 bits per heavy atom. The van der Waals surface area contributed by atoms with Gasteiger partial charge in [-0.3, -0.25) is 24.1 Å². The average molecular weight is 611 g/mol. The van der Waals surface area contributed by atoms with Gasteiger partial charge in [-0.1, -0.05) is 42.8 Å². The largest absolute Gasteiger partial charge is 0.342 e. The maximum atomic E-state index is 13.7. The number of benzene rings is 2. The van der Waals surface area contributed by atoms with Gasteiger partial charge in [0.25, 0.3) is 0 Å². The molecule has 2 heterocycles. The summed E-state index contributed by atoms with van der Waals surface area (Å²) in [6, 6.07) is 11.4. The number of aryl methyl sites for hydroxylation is 1. The lowest BCUT2D eigenvalue weighted by Gasteiger charge is -2.39. The molecule has 0 aromatic heterocycles. The van der Waals surface area contributed by atoms with Crippen molar-refractivity contribution in [2.75, 3.05) is 38.5 Å². The zero-order valence-electron chi connectivity index (χ0n) is 25.3. The molecule has 2 aromatic rings. The van der Waals surface area contributed by atoms with Crippen LogP contribution in [0.4, 0.5) is 5.69 Å². The minimum Gasteiger partial charge on any atom is -0.342 e. The number of amides is 4. The van der Waals surface area contributed by atoms with E-state index in [0.29, 0.717) is 36.3 Å². The van der Waals surface area contributed by atoms with Crippen LogP contribution < -0.4 is 16.4 Å². The zero-order chi connectivity index (χ0) is 31.1. The normalized spacial score (nSPS) is 19.4. The lowest BCUT2D eigenvalue weighted by Crippen LogP contribution is -2.56. The third-order valence-electron chi connectivity index (χ3n) is 8.54. The van der Waals surface area contributed by atoms with Gasteiger partial charge in [0.1, 0.15) is 12.1 Å². The molecule has 4 N–H and O–H groups in total. The molecular formula is C32H43ClN6O4. The molecule has 0 radical (unpaired) electrons. The number of hydrogen-bond acceptors (Lipinski definition) is 6. The fourth-order valence-corrected chi connectivity index (χ4v) is 5.92. The van der Waals surface area contributed by atoms with Crippen LogP contribution in [-0.4, -0.2) is 89.7 Å². The van der Waals surface area contributed by atoms with Gasteiger partial charge in [-0.05, 0) is 68.2 Å². The number of carbonyl (C=O) groups is 4. The molecule has 0 bridgehead atoms. The molecule has 0 spiro atoms. The Morgan fingerprint density at radius 1 is 1.05 bits per heavy atom. The summed E-state index contributed by atoms with van der Waals surface area (Å²) < 4.78 is 0. The van der Waals surface area contributed by atoms with Gasteiger partial charge in [-0.2, -0.15) is 0 Å². The van der Waals surface area contributed by atoms with E-state index in [4.69, 9.17) is 17.3 Å². The lowest BCUT2D eigenvalue weighted by atomic mass is 9.92. The van der Waals surface area contributed by atoms with E-state index in [1.54, 1.807) is 23.1 Å². The average Bonchev–Trinajstić information content (AvgIpc) is 3.00. The van der Waals surface area contributed by atoms with Gasteiger partial charge in [0, 0.05) is 62.2 Å². The Labute approximate surface area is 258 Å². The predicted molar refractivity (Wildman–Crippen MR) is 167 cm³/mol. The second-order valence-corrected chi connectivity index (χ2v) is 11.9. The fraction of sp³-hybridized carbons (Fsp3) is 0.500. The minimum atomic E-state index is -0.895. The van der Waals surface area contributed by atoms with Crippen molar-refractivity contribution in [3.8, 4) is 0 Å². The van der Waals surface area contributed by atoms with Gasteiger partial charge in [-0.15, -0.1) is 0 Å². The van der Waals surface area contributed by atoms with Gasteiger partial charge < -0.3 is 26.2 Å². The predicted octanol–water partition coefficient (Wildman–Crippen LogP) is 2.71. The SMILES string of the molecule is CC[C@@H]1CN(C(=O)CCC(=O)N2Cc3ccccc3C[C@H]2C(=O)N[C@@H](CCN)C(=O)Nc2ccc(Cl)c(C)c2)CCN1C. The highest BCUT2D eigenvalue weighted by Gasteiger charge is 2.36. The van der Waals surface area contributed by atoms with Gasteiger partial charge in [0.15, 0.2) is 0 Å². The number of hydrogen-bond donors (Lipinski definition) is 3. The third kappa shape index (κ3) is 8.13. The number of rotatable bonds is 10. The first-order valence-electron chi connectivity index (χ1n) is 15.0. The number of likely N-dealkylation sites (N-methyl/N-ethyl adjacent to an activating group) is 1. The maximum absolute atomic E-state index is 13.7. The molecule has 43 heavy (non-hydrogen) atoms. The van der Waals surface area contributed by atoms with Crippen molar-refractivity contribution in [3.05, 3.63) is 64.2 Å². The molecule has 0 saturated carbocycles. The number of piperazine rings is 1. The Morgan fingerprint density at radius 3 is 2.47 bits per heavy atom. The van der Waals surface area contributed by atoms with Gasteiger partial charge >= 0.3 is 0 Å². The number of nitrogens with one attached hydrogen (secondary N) is 2. The second-order valence-electron chi connectivity index (χ2n) is 11.5. The van der Waals surface area contributed by atoms with Crippen LogP contribution in [0, 0.1) is 6.92 Å². The zero-order valence-corrected chi connectivity index (χ0v) is 26.0. The molecule has 232 valence electrons. The highest BCUT2D eigenvalue weighted by molar-refractivity contribution is 6.31. The summed E-state index contributed by atoms with van der Waals surface area (Å²) in [4.78, 5) is 59.2.